The predicted molar refractivity (Wildman–Crippen MR) is 91.3 cm³/mol. The van der Waals surface area contributed by atoms with Crippen LogP contribution in [0, 0.1) is 0 Å². The number of amides is 1. The van der Waals surface area contributed by atoms with Crippen LogP contribution in [0.2, 0.25) is 5.02 Å². The number of carbonyl (C=O) groups is 1. The number of hydrogen-bond acceptors (Lipinski definition) is 2. The molecule has 1 amide bonds. The molecule has 0 unspecified atom stereocenters. The Hall–Kier alpha value is -1.39. The van der Waals surface area contributed by atoms with Crippen LogP contribution in [-0.4, -0.2) is 28.9 Å². The van der Waals surface area contributed by atoms with Crippen molar-refractivity contribution >= 4 is 33.4 Å². The summed E-state index contributed by atoms with van der Waals surface area (Å²) in [7, 11) is 0. The third kappa shape index (κ3) is 3.50. The lowest BCUT2D eigenvalue weighted by atomic mass is 9.92. The zero-order valence-electron chi connectivity index (χ0n) is 12.0. The molecule has 1 aliphatic heterocycles. The second kappa shape index (κ2) is 6.80. The number of benzene rings is 1. The highest BCUT2D eigenvalue weighted by Crippen LogP contribution is 2.28. The van der Waals surface area contributed by atoms with Gasteiger partial charge in [0.1, 0.15) is 0 Å². The molecule has 3 nitrogen and oxygen atoms in total. The number of carbonyl (C=O) groups excluding carboxylic acids is 1. The molecule has 2 aromatic rings. The van der Waals surface area contributed by atoms with Crippen LogP contribution in [0.3, 0.4) is 0 Å². The Balaban J connectivity index is 1.64. The molecule has 1 aromatic heterocycles. The molecule has 5 heteroatoms. The Morgan fingerprint density at radius 1 is 1.23 bits per heavy atom. The normalized spacial score (nSPS) is 15.8. The maximum Gasteiger partial charge on any atom is 0.253 e. The van der Waals surface area contributed by atoms with Crippen LogP contribution in [0.15, 0.2) is 47.1 Å². The molecule has 0 saturated carbocycles. The predicted octanol–water partition coefficient (Wildman–Crippen LogP) is 4.52. The van der Waals surface area contributed by atoms with Crippen molar-refractivity contribution in [2.45, 2.75) is 18.8 Å². The maximum atomic E-state index is 12.5. The highest BCUT2D eigenvalue weighted by molar-refractivity contribution is 9.10. The van der Waals surface area contributed by atoms with E-state index in [1.165, 1.54) is 0 Å². The minimum absolute atomic E-state index is 0.101. The summed E-state index contributed by atoms with van der Waals surface area (Å²) < 4.78 is 0.929. The largest absolute Gasteiger partial charge is 0.339 e. The standard InChI is InChI=1S/C17H16BrClN2O/c18-14-3-1-2-13(10-14)17(22)21-8-6-12(7-9-21)16-5-4-15(19)11-20-16/h1-5,10-12H,6-9H2. The molecule has 114 valence electrons. The van der Waals surface area contributed by atoms with E-state index >= 15 is 0 Å². The molecule has 0 atom stereocenters. The highest BCUT2D eigenvalue weighted by atomic mass is 79.9. The van der Waals surface area contributed by atoms with Gasteiger partial charge in [-0.1, -0.05) is 33.6 Å². The Bertz CT molecular complexity index is 667. The summed E-state index contributed by atoms with van der Waals surface area (Å²) in [5.41, 5.74) is 1.80. The Morgan fingerprint density at radius 2 is 2.00 bits per heavy atom. The van der Waals surface area contributed by atoms with Gasteiger partial charge in [0, 0.05) is 40.9 Å². The summed E-state index contributed by atoms with van der Waals surface area (Å²) >= 11 is 9.29. The Morgan fingerprint density at radius 3 is 2.64 bits per heavy atom. The molecule has 0 N–H and O–H groups in total. The summed E-state index contributed by atoms with van der Waals surface area (Å²) in [6.45, 7) is 1.53. The van der Waals surface area contributed by atoms with Gasteiger partial charge in [0.15, 0.2) is 0 Å². The fourth-order valence-electron chi connectivity index (χ4n) is 2.81. The summed E-state index contributed by atoms with van der Waals surface area (Å²) in [4.78, 5) is 18.8. The van der Waals surface area contributed by atoms with E-state index in [1.807, 2.05) is 41.3 Å². The van der Waals surface area contributed by atoms with Crippen molar-refractivity contribution in [3.63, 3.8) is 0 Å². The van der Waals surface area contributed by atoms with Gasteiger partial charge in [-0.25, -0.2) is 0 Å². The maximum absolute atomic E-state index is 12.5. The van der Waals surface area contributed by atoms with Crippen molar-refractivity contribution in [3.05, 3.63) is 63.3 Å². The number of halogens is 2. The molecule has 2 heterocycles. The molecule has 22 heavy (non-hydrogen) atoms. The lowest BCUT2D eigenvalue weighted by molar-refractivity contribution is 0.0712. The lowest BCUT2D eigenvalue weighted by Gasteiger charge is -2.31. The minimum Gasteiger partial charge on any atom is -0.339 e. The molecule has 1 saturated heterocycles. The van der Waals surface area contributed by atoms with Gasteiger partial charge in [0.25, 0.3) is 5.91 Å². The highest BCUT2D eigenvalue weighted by Gasteiger charge is 2.25. The Kier molecular flexibility index (Phi) is 4.79. The molecular formula is C17H16BrClN2O. The fourth-order valence-corrected chi connectivity index (χ4v) is 3.32. The number of hydrogen-bond donors (Lipinski definition) is 0. The van der Waals surface area contributed by atoms with Crippen molar-refractivity contribution in [3.8, 4) is 0 Å². The summed E-state index contributed by atoms with van der Waals surface area (Å²) in [6, 6.07) is 11.4. The van der Waals surface area contributed by atoms with Crippen molar-refractivity contribution in [2.75, 3.05) is 13.1 Å². The van der Waals surface area contributed by atoms with Crippen LogP contribution in [-0.2, 0) is 0 Å². The van der Waals surface area contributed by atoms with Gasteiger partial charge < -0.3 is 4.90 Å². The van der Waals surface area contributed by atoms with Crippen molar-refractivity contribution in [1.82, 2.24) is 9.88 Å². The van der Waals surface area contributed by atoms with E-state index < -0.39 is 0 Å². The third-order valence-corrected chi connectivity index (χ3v) is 4.74. The van der Waals surface area contributed by atoms with E-state index in [-0.39, 0.29) is 5.91 Å². The second-order valence-electron chi connectivity index (χ2n) is 5.48. The van der Waals surface area contributed by atoms with Gasteiger partial charge in [-0.15, -0.1) is 0 Å². The smallest absolute Gasteiger partial charge is 0.253 e. The first-order valence-electron chi connectivity index (χ1n) is 7.30. The molecule has 1 aromatic carbocycles. The van der Waals surface area contributed by atoms with Gasteiger partial charge >= 0.3 is 0 Å². The molecular weight excluding hydrogens is 364 g/mol. The Labute approximate surface area is 143 Å². The van der Waals surface area contributed by atoms with Gasteiger partial charge in [-0.2, -0.15) is 0 Å². The number of likely N-dealkylation sites (tertiary alicyclic amines) is 1. The monoisotopic (exact) mass is 378 g/mol. The minimum atomic E-state index is 0.101. The van der Waals surface area contributed by atoms with E-state index in [9.17, 15) is 4.79 Å². The van der Waals surface area contributed by atoms with Crippen LogP contribution in [0.25, 0.3) is 0 Å². The van der Waals surface area contributed by atoms with Gasteiger partial charge in [0.05, 0.1) is 5.02 Å². The third-order valence-electron chi connectivity index (χ3n) is 4.02. The van der Waals surface area contributed by atoms with Gasteiger partial charge in [-0.05, 0) is 43.2 Å². The zero-order chi connectivity index (χ0) is 15.5. The topological polar surface area (TPSA) is 33.2 Å². The summed E-state index contributed by atoms with van der Waals surface area (Å²) in [5.74, 6) is 0.507. The van der Waals surface area contributed by atoms with E-state index in [1.54, 1.807) is 6.20 Å². The lowest BCUT2D eigenvalue weighted by Crippen LogP contribution is -2.38. The summed E-state index contributed by atoms with van der Waals surface area (Å²) in [5, 5.41) is 0.658. The van der Waals surface area contributed by atoms with Crippen molar-refractivity contribution in [2.24, 2.45) is 0 Å². The SMILES string of the molecule is O=C(c1cccc(Br)c1)N1CCC(c2ccc(Cl)cn2)CC1. The molecule has 0 bridgehead atoms. The van der Waals surface area contributed by atoms with Crippen LogP contribution < -0.4 is 0 Å². The van der Waals surface area contributed by atoms with Crippen LogP contribution in [0.1, 0.15) is 34.8 Å². The zero-order valence-corrected chi connectivity index (χ0v) is 14.3. The fraction of sp³-hybridized carbons (Fsp3) is 0.294. The van der Waals surface area contributed by atoms with Crippen LogP contribution >= 0.6 is 27.5 Å². The average Bonchev–Trinajstić information content (AvgIpc) is 2.55. The first kappa shape index (κ1) is 15.5. The molecule has 1 aliphatic rings. The number of aromatic nitrogens is 1. The van der Waals surface area contributed by atoms with Gasteiger partial charge in [-0.3, -0.25) is 9.78 Å². The first-order valence-corrected chi connectivity index (χ1v) is 8.47. The molecule has 0 aliphatic carbocycles. The number of rotatable bonds is 2. The van der Waals surface area contributed by atoms with E-state index in [2.05, 4.69) is 20.9 Å². The van der Waals surface area contributed by atoms with E-state index in [0.717, 1.165) is 41.7 Å². The van der Waals surface area contributed by atoms with Crippen LogP contribution in [0.5, 0.6) is 0 Å². The van der Waals surface area contributed by atoms with Crippen molar-refractivity contribution in [1.29, 1.82) is 0 Å². The number of nitrogens with zero attached hydrogens (tertiary/aromatic N) is 2. The molecule has 0 spiro atoms. The molecule has 3 rings (SSSR count). The average molecular weight is 380 g/mol. The summed E-state index contributed by atoms with van der Waals surface area (Å²) in [6.07, 6.45) is 3.57. The quantitative estimate of drug-likeness (QED) is 0.769. The van der Waals surface area contributed by atoms with E-state index in [0.29, 0.717) is 10.9 Å². The second-order valence-corrected chi connectivity index (χ2v) is 6.83. The number of piperidine rings is 1. The number of pyridine rings is 1. The molecule has 1 fully saturated rings. The van der Waals surface area contributed by atoms with E-state index in [4.69, 9.17) is 11.6 Å². The molecule has 0 radical (unpaired) electrons. The van der Waals surface area contributed by atoms with Crippen LogP contribution in [0.4, 0.5) is 0 Å². The first-order chi connectivity index (χ1) is 10.6. The van der Waals surface area contributed by atoms with Gasteiger partial charge in [0.2, 0.25) is 0 Å². The van der Waals surface area contributed by atoms with Crippen molar-refractivity contribution < 1.29 is 4.79 Å².